The van der Waals surface area contributed by atoms with Gasteiger partial charge in [-0.05, 0) is 73.7 Å². The zero-order valence-electron chi connectivity index (χ0n) is 20.5. The zero-order valence-corrected chi connectivity index (χ0v) is 21.3. The lowest BCUT2D eigenvalue weighted by Crippen LogP contribution is -2.47. The Kier molecular flexibility index (Phi) is 8.40. The molecule has 1 aliphatic carbocycles. The van der Waals surface area contributed by atoms with Crippen LogP contribution in [0.1, 0.15) is 43.1 Å². The number of hydrogen-bond acceptors (Lipinski definition) is 5. The molecule has 2 aromatic carbocycles. The second-order valence-corrected chi connectivity index (χ2v) is 10.9. The van der Waals surface area contributed by atoms with Crippen LogP contribution in [0.15, 0.2) is 76.2 Å². The highest BCUT2D eigenvalue weighted by Gasteiger charge is 2.28. The summed E-state index contributed by atoms with van der Waals surface area (Å²) in [6.45, 7) is 1.98. The van der Waals surface area contributed by atoms with Crippen LogP contribution < -0.4 is 10.0 Å². The number of carbonyl (C=O) groups is 2. The molecule has 0 saturated heterocycles. The molecule has 1 fully saturated rings. The standard InChI is InChI=1S/C27H30FN3O5S/c1-19(27(33)29-17-24-3-2-16-36-24)31(18-21-4-9-22(28)10-5-21)26(32)15-8-20-6-13-25(14-7-20)37(34,35)30-23-11-12-23/h2-7,9-10,13-14,16,19,23,30H,8,11-12,15,17-18H2,1H3,(H,29,33)/t19-/m1/s1. The monoisotopic (exact) mass is 527 g/mol. The smallest absolute Gasteiger partial charge is 0.242 e. The number of aryl methyl sites for hydroxylation is 1. The Bertz CT molecular complexity index is 1310. The van der Waals surface area contributed by atoms with Crippen LogP contribution in [-0.2, 0) is 39.1 Å². The fourth-order valence-electron chi connectivity index (χ4n) is 3.82. The van der Waals surface area contributed by atoms with Gasteiger partial charge < -0.3 is 14.6 Å². The van der Waals surface area contributed by atoms with E-state index < -0.39 is 16.1 Å². The minimum absolute atomic E-state index is 0.0210. The predicted molar refractivity (Wildman–Crippen MR) is 135 cm³/mol. The zero-order chi connectivity index (χ0) is 26.4. The molecular weight excluding hydrogens is 497 g/mol. The summed E-state index contributed by atoms with van der Waals surface area (Å²) in [4.78, 5) is 27.8. The highest BCUT2D eigenvalue weighted by atomic mass is 32.2. The average Bonchev–Trinajstić information content (AvgIpc) is 3.53. The molecule has 0 spiro atoms. The number of carbonyl (C=O) groups excluding carboxylic acids is 2. The number of amides is 2. The van der Waals surface area contributed by atoms with Gasteiger partial charge in [-0.2, -0.15) is 0 Å². The molecule has 0 bridgehead atoms. The first kappa shape index (κ1) is 26.6. The molecule has 3 aromatic rings. The average molecular weight is 528 g/mol. The van der Waals surface area contributed by atoms with Gasteiger partial charge in [0.25, 0.3) is 0 Å². The molecule has 1 saturated carbocycles. The molecule has 8 nitrogen and oxygen atoms in total. The van der Waals surface area contributed by atoms with Crippen molar-refractivity contribution in [3.63, 3.8) is 0 Å². The quantitative estimate of drug-likeness (QED) is 0.375. The van der Waals surface area contributed by atoms with Gasteiger partial charge in [-0.15, -0.1) is 0 Å². The fourth-order valence-corrected chi connectivity index (χ4v) is 5.13. The maximum Gasteiger partial charge on any atom is 0.242 e. The van der Waals surface area contributed by atoms with Crippen molar-refractivity contribution in [2.75, 3.05) is 0 Å². The fraction of sp³-hybridized carbons (Fsp3) is 0.333. The van der Waals surface area contributed by atoms with Crippen LogP contribution in [0.2, 0.25) is 0 Å². The Morgan fingerprint density at radius 1 is 1.05 bits per heavy atom. The normalized spacial score (nSPS) is 14.2. The first-order valence-corrected chi connectivity index (χ1v) is 13.6. The summed E-state index contributed by atoms with van der Waals surface area (Å²) in [6.07, 6.45) is 3.71. The summed E-state index contributed by atoms with van der Waals surface area (Å²) in [5, 5.41) is 2.78. The summed E-state index contributed by atoms with van der Waals surface area (Å²) >= 11 is 0. The summed E-state index contributed by atoms with van der Waals surface area (Å²) < 4.78 is 46.0. The van der Waals surface area contributed by atoms with Gasteiger partial charge in [-0.25, -0.2) is 17.5 Å². The lowest BCUT2D eigenvalue weighted by molar-refractivity contribution is -0.140. The second-order valence-electron chi connectivity index (χ2n) is 9.16. The van der Waals surface area contributed by atoms with E-state index in [4.69, 9.17) is 4.42 Å². The summed E-state index contributed by atoms with van der Waals surface area (Å²) in [6, 6.07) is 14.9. The molecule has 4 rings (SSSR count). The number of hydrogen-bond donors (Lipinski definition) is 2. The molecule has 37 heavy (non-hydrogen) atoms. The van der Waals surface area contributed by atoms with E-state index in [2.05, 4.69) is 10.0 Å². The molecule has 10 heteroatoms. The molecule has 1 heterocycles. The van der Waals surface area contributed by atoms with E-state index in [1.807, 2.05) is 0 Å². The minimum atomic E-state index is -3.54. The van der Waals surface area contributed by atoms with Crippen molar-refractivity contribution in [1.29, 1.82) is 0 Å². The van der Waals surface area contributed by atoms with Crippen LogP contribution >= 0.6 is 0 Å². The molecule has 196 valence electrons. The SMILES string of the molecule is C[C@H](C(=O)NCc1ccco1)N(Cc1ccc(F)cc1)C(=O)CCc1ccc(S(=O)(=O)NC2CC2)cc1. The number of halogens is 1. The molecule has 0 unspecified atom stereocenters. The molecule has 1 aliphatic rings. The van der Waals surface area contributed by atoms with Gasteiger partial charge >= 0.3 is 0 Å². The lowest BCUT2D eigenvalue weighted by Gasteiger charge is -2.29. The van der Waals surface area contributed by atoms with Gasteiger partial charge in [0.2, 0.25) is 21.8 Å². The van der Waals surface area contributed by atoms with Crippen molar-refractivity contribution < 1.29 is 26.8 Å². The third-order valence-corrected chi connectivity index (χ3v) is 7.75. The first-order valence-electron chi connectivity index (χ1n) is 12.2. The van der Waals surface area contributed by atoms with Crippen LogP contribution in [-0.4, -0.2) is 37.2 Å². The molecule has 0 aliphatic heterocycles. The number of benzene rings is 2. The maximum absolute atomic E-state index is 13.4. The van der Waals surface area contributed by atoms with Gasteiger partial charge in [0.1, 0.15) is 17.6 Å². The van der Waals surface area contributed by atoms with Crippen LogP contribution in [0.4, 0.5) is 4.39 Å². The number of nitrogens with zero attached hydrogens (tertiary/aromatic N) is 1. The molecule has 2 amide bonds. The number of furan rings is 1. The Balaban J connectivity index is 1.41. The largest absolute Gasteiger partial charge is 0.467 e. The Morgan fingerprint density at radius 2 is 1.73 bits per heavy atom. The Labute approximate surface area is 215 Å². The van der Waals surface area contributed by atoms with E-state index in [1.165, 1.54) is 35.4 Å². The van der Waals surface area contributed by atoms with Gasteiger partial charge in [-0.3, -0.25) is 9.59 Å². The molecular formula is C27H30FN3O5S. The maximum atomic E-state index is 13.4. The second kappa shape index (κ2) is 11.7. The predicted octanol–water partition coefficient (Wildman–Crippen LogP) is 3.53. The molecule has 1 aromatic heterocycles. The van der Waals surface area contributed by atoms with Crippen molar-refractivity contribution in [3.05, 3.63) is 89.6 Å². The van der Waals surface area contributed by atoms with E-state index in [0.717, 1.165) is 18.4 Å². The van der Waals surface area contributed by atoms with E-state index in [-0.39, 0.29) is 48.1 Å². The van der Waals surface area contributed by atoms with E-state index in [0.29, 0.717) is 17.7 Å². The van der Waals surface area contributed by atoms with Crippen molar-refractivity contribution in [3.8, 4) is 0 Å². The first-order chi connectivity index (χ1) is 17.7. The summed E-state index contributed by atoms with van der Waals surface area (Å²) in [5.74, 6) is -0.389. The van der Waals surface area contributed by atoms with E-state index in [9.17, 15) is 22.4 Å². The third kappa shape index (κ3) is 7.50. The Morgan fingerprint density at radius 3 is 2.35 bits per heavy atom. The topological polar surface area (TPSA) is 109 Å². The van der Waals surface area contributed by atoms with Gasteiger partial charge in [-0.1, -0.05) is 24.3 Å². The number of nitrogens with one attached hydrogen (secondary N) is 2. The third-order valence-electron chi connectivity index (χ3n) is 6.21. The highest BCUT2D eigenvalue weighted by molar-refractivity contribution is 7.89. The van der Waals surface area contributed by atoms with Crippen molar-refractivity contribution in [1.82, 2.24) is 14.9 Å². The van der Waals surface area contributed by atoms with Gasteiger partial charge in [0.05, 0.1) is 17.7 Å². The highest BCUT2D eigenvalue weighted by Crippen LogP contribution is 2.22. The molecule has 2 N–H and O–H groups in total. The Hall–Kier alpha value is -3.50. The number of rotatable bonds is 12. The van der Waals surface area contributed by atoms with Crippen LogP contribution in [0.3, 0.4) is 0 Å². The lowest BCUT2D eigenvalue weighted by atomic mass is 10.1. The van der Waals surface area contributed by atoms with Gasteiger partial charge in [0.15, 0.2) is 0 Å². The van der Waals surface area contributed by atoms with Crippen molar-refractivity contribution in [2.24, 2.45) is 0 Å². The van der Waals surface area contributed by atoms with Crippen LogP contribution in [0.25, 0.3) is 0 Å². The van der Waals surface area contributed by atoms with E-state index >= 15 is 0 Å². The van der Waals surface area contributed by atoms with E-state index in [1.54, 1.807) is 43.3 Å². The van der Waals surface area contributed by atoms with Crippen LogP contribution in [0.5, 0.6) is 0 Å². The summed E-state index contributed by atoms with van der Waals surface area (Å²) in [5.41, 5.74) is 1.49. The number of sulfonamides is 1. The minimum Gasteiger partial charge on any atom is -0.467 e. The van der Waals surface area contributed by atoms with Crippen LogP contribution in [0, 0.1) is 5.82 Å². The van der Waals surface area contributed by atoms with Gasteiger partial charge in [0, 0.05) is 19.0 Å². The molecule has 1 atom stereocenters. The molecule has 0 radical (unpaired) electrons. The van der Waals surface area contributed by atoms with Crippen molar-refractivity contribution >= 4 is 21.8 Å². The van der Waals surface area contributed by atoms with Crippen molar-refractivity contribution in [2.45, 2.75) is 62.7 Å². The summed E-state index contributed by atoms with van der Waals surface area (Å²) in [7, 11) is -3.54.